The van der Waals surface area contributed by atoms with Crippen LogP contribution >= 0.6 is 0 Å². The molecule has 0 spiro atoms. The first kappa shape index (κ1) is 17.7. The molecule has 24 heavy (non-hydrogen) atoms. The highest BCUT2D eigenvalue weighted by atomic mass is 19.1. The fourth-order valence-corrected chi connectivity index (χ4v) is 2.00. The van der Waals surface area contributed by atoms with E-state index in [2.05, 4.69) is 17.6 Å². The van der Waals surface area contributed by atoms with Gasteiger partial charge in [0.1, 0.15) is 17.4 Å². The minimum absolute atomic E-state index is 0.0878. The van der Waals surface area contributed by atoms with Gasteiger partial charge in [-0.25, -0.2) is 13.6 Å². The van der Waals surface area contributed by atoms with Crippen LogP contribution < -0.4 is 15.4 Å². The Morgan fingerprint density at radius 2 is 1.88 bits per heavy atom. The van der Waals surface area contributed by atoms with Crippen molar-refractivity contribution < 1.29 is 18.3 Å². The summed E-state index contributed by atoms with van der Waals surface area (Å²) in [5, 5.41) is 5.10. The third-order valence-electron chi connectivity index (χ3n) is 3.33. The molecule has 0 fully saturated rings. The summed E-state index contributed by atoms with van der Waals surface area (Å²) >= 11 is 0. The number of amides is 2. The number of ether oxygens (including phenoxy) is 1. The maximum atomic E-state index is 13.5. The zero-order valence-electron chi connectivity index (χ0n) is 13.4. The van der Waals surface area contributed by atoms with Gasteiger partial charge < -0.3 is 15.4 Å². The SMILES string of the molecule is CCCCOc1ccc(NC(=O)NCc2cc(F)ccc2F)cc1. The monoisotopic (exact) mass is 334 g/mol. The number of hydrogen-bond donors (Lipinski definition) is 2. The van der Waals surface area contributed by atoms with E-state index in [4.69, 9.17) is 4.74 Å². The first-order chi connectivity index (χ1) is 11.6. The molecule has 2 N–H and O–H groups in total. The standard InChI is InChI=1S/C18H20F2N2O2/c1-2-3-10-24-16-7-5-15(6-8-16)22-18(23)21-12-13-11-14(19)4-9-17(13)20/h4-9,11H,2-3,10,12H2,1H3,(H2,21,22,23). The van der Waals surface area contributed by atoms with Crippen molar-refractivity contribution in [3.63, 3.8) is 0 Å². The molecule has 0 aliphatic heterocycles. The van der Waals surface area contributed by atoms with Crippen molar-refractivity contribution in [3.05, 3.63) is 59.7 Å². The fraction of sp³-hybridized carbons (Fsp3) is 0.278. The lowest BCUT2D eigenvalue weighted by molar-refractivity contribution is 0.251. The third-order valence-corrected chi connectivity index (χ3v) is 3.33. The molecule has 2 amide bonds. The molecule has 0 aliphatic carbocycles. The lowest BCUT2D eigenvalue weighted by Gasteiger charge is -2.10. The fourth-order valence-electron chi connectivity index (χ4n) is 2.00. The van der Waals surface area contributed by atoms with E-state index in [0.29, 0.717) is 12.3 Å². The zero-order chi connectivity index (χ0) is 17.4. The smallest absolute Gasteiger partial charge is 0.319 e. The lowest BCUT2D eigenvalue weighted by atomic mass is 10.2. The van der Waals surface area contributed by atoms with E-state index in [-0.39, 0.29) is 12.1 Å². The Balaban J connectivity index is 1.82. The van der Waals surface area contributed by atoms with Crippen molar-refractivity contribution >= 4 is 11.7 Å². The van der Waals surface area contributed by atoms with Crippen LogP contribution in [0.4, 0.5) is 19.3 Å². The summed E-state index contributed by atoms with van der Waals surface area (Å²) in [5.41, 5.74) is 0.667. The second-order valence-corrected chi connectivity index (χ2v) is 5.27. The highest BCUT2D eigenvalue weighted by Gasteiger charge is 2.07. The Morgan fingerprint density at radius 3 is 2.58 bits per heavy atom. The maximum absolute atomic E-state index is 13.5. The van der Waals surface area contributed by atoms with Gasteiger partial charge in [-0.15, -0.1) is 0 Å². The van der Waals surface area contributed by atoms with E-state index >= 15 is 0 Å². The number of unbranched alkanes of at least 4 members (excludes halogenated alkanes) is 1. The molecule has 0 radical (unpaired) electrons. The molecular weight excluding hydrogens is 314 g/mol. The Hall–Kier alpha value is -2.63. The molecule has 128 valence electrons. The van der Waals surface area contributed by atoms with Crippen LogP contribution in [0, 0.1) is 11.6 Å². The van der Waals surface area contributed by atoms with E-state index in [1.165, 1.54) is 0 Å². The summed E-state index contributed by atoms with van der Waals surface area (Å²) in [6, 6.07) is 9.56. The first-order valence-electron chi connectivity index (χ1n) is 7.80. The van der Waals surface area contributed by atoms with Crippen LogP contribution in [0.1, 0.15) is 25.3 Å². The van der Waals surface area contributed by atoms with Crippen LogP contribution in [-0.4, -0.2) is 12.6 Å². The van der Waals surface area contributed by atoms with Gasteiger partial charge in [0.25, 0.3) is 0 Å². The highest BCUT2D eigenvalue weighted by Crippen LogP contribution is 2.16. The molecule has 2 aromatic carbocycles. The number of hydrogen-bond acceptors (Lipinski definition) is 2. The van der Waals surface area contributed by atoms with E-state index in [0.717, 1.165) is 36.8 Å². The number of urea groups is 1. The molecule has 2 rings (SSSR count). The molecule has 0 bridgehead atoms. The highest BCUT2D eigenvalue weighted by molar-refractivity contribution is 5.89. The summed E-state index contributed by atoms with van der Waals surface area (Å²) in [7, 11) is 0. The van der Waals surface area contributed by atoms with Gasteiger partial charge >= 0.3 is 6.03 Å². The molecule has 0 unspecified atom stereocenters. The van der Waals surface area contributed by atoms with Crippen LogP contribution in [0.25, 0.3) is 0 Å². The minimum atomic E-state index is -0.565. The number of carbonyl (C=O) groups is 1. The van der Waals surface area contributed by atoms with Crippen LogP contribution in [0.15, 0.2) is 42.5 Å². The Morgan fingerprint density at radius 1 is 1.12 bits per heavy atom. The van der Waals surface area contributed by atoms with Crippen LogP contribution in [-0.2, 0) is 6.54 Å². The van der Waals surface area contributed by atoms with Gasteiger partial charge in [-0.3, -0.25) is 0 Å². The Labute approximate surface area is 139 Å². The zero-order valence-corrected chi connectivity index (χ0v) is 13.4. The summed E-state index contributed by atoms with van der Waals surface area (Å²) < 4.78 is 32.1. The summed E-state index contributed by atoms with van der Waals surface area (Å²) in [6.45, 7) is 2.64. The number of rotatable bonds is 7. The van der Waals surface area contributed by atoms with Gasteiger partial charge in [-0.05, 0) is 48.9 Å². The van der Waals surface area contributed by atoms with E-state index < -0.39 is 17.7 Å². The molecule has 0 heterocycles. The number of anilines is 1. The average Bonchev–Trinajstić information content (AvgIpc) is 2.57. The van der Waals surface area contributed by atoms with E-state index in [1.54, 1.807) is 24.3 Å². The van der Waals surface area contributed by atoms with Crippen molar-refractivity contribution in [2.24, 2.45) is 0 Å². The molecule has 0 atom stereocenters. The van der Waals surface area contributed by atoms with Crippen molar-refractivity contribution in [2.75, 3.05) is 11.9 Å². The number of benzene rings is 2. The molecule has 0 saturated carbocycles. The average molecular weight is 334 g/mol. The van der Waals surface area contributed by atoms with Gasteiger partial charge in [0.2, 0.25) is 0 Å². The largest absolute Gasteiger partial charge is 0.494 e. The van der Waals surface area contributed by atoms with Crippen molar-refractivity contribution in [2.45, 2.75) is 26.3 Å². The van der Waals surface area contributed by atoms with Crippen molar-refractivity contribution in [3.8, 4) is 5.75 Å². The maximum Gasteiger partial charge on any atom is 0.319 e. The van der Waals surface area contributed by atoms with Crippen LogP contribution in [0.2, 0.25) is 0 Å². The second kappa shape index (κ2) is 8.86. The van der Waals surface area contributed by atoms with Gasteiger partial charge in [-0.2, -0.15) is 0 Å². The summed E-state index contributed by atoms with van der Waals surface area (Å²) in [6.07, 6.45) is 2.05. The quantitative estimate of drug-likeness (QED) is 0.734. The lowest BCUT2D eigenvalue weighted by Crippen LogP contribution is -2.28. The Kier molecular flexibility index (Phi) is 6.54. The van der Waals surface area contributed by atoms with Gasteiger partial charge in [-0.1, -0.05) is 13.3 Å². The van der Waals surface area contributed by atoms with Crippen molar-refractivity contribution in [1.29, 1.82) is 0 Å². The molecule has 6 heteroatoms. The van der Waals surface area contributed by atoms with Gasteiger partial charge in [0, 0.05) is 17.8 Å². The molecular formula is C18H20F2N2O2. The van der Waals surface area contributed by atoms with Crippen LogP contribution in [0.3, 0.4) is 0 Å². The predicted octanol–water partition coefficient (Wildman–Crippen LogP) is 4.47. The number of carbonyl (C=O) groups excluding carboxylic acids is 1. The van der Waals surface area contributed by atoms with E-state index in [9.17, 15) is 13.6 Å². The van der Waals surface area contributed by atoms with Gasteiger partial charge in [0.05, 0.1) is 6.61 Å². The van der Waals surface area contributed by atoms with E-state index in [1.807, 2.05) is 0 Å². The molecule has 0 saturated heterocycles. The summed E-state index contributed by atoms with van der Waals surface area (Å²) in [4.78, 5) is 11.8. The van der Waals surface area contributed by atoms with Gasteiger partial charge in [0.15, 0.2) is 0 Å². The Bertz CT molecular complexity index is 675. The molecule has 0 aromatic heterocycles. The molecule has 2 aromatic rings. The van der Waals surface area contributed by atoms with Crippen molar-refractivity contribution in [1.82, 2.24) is 5.32 Å². The van der Waals surface area contributed by atoms with Crippen LogP contribution in [0.5, 0.6) is 5.75 Å². The number of nitrogens with one attached hydrogen (secondary N) is 2. The minimum Gasteiger partial charge on any atom is -0.494 e. The topological polar surface area (TPSA) is 50.4 Å². The molecule has 0 aliphatic rings. The second-order valence-electron chi connectivity index (χ2n) is 5.27. The normalized spacial score (nSPS) is 10.3. The number of halogens is 2. The molecule has 4 nitrogen and oxygen atoms in total. The first-order valence-corrected chi connectivity index (χ1v) is 7.80. The predicted molar refractivity (Wildman–Crippen MR) is 89.1 cm³/mol. The summed E-state index contributed by atoms with van der Waals surface area (Å²) in [5.74, 6) is -0.381. The third kappa shape index (κ3) is 5.53.